The van der Waals surface area contributed by atoms with E-state index in [1.807, 2.05) is 46.1 Å². The van der Waals surface area contributed by atoms with Gasteiger partial charge in [-0.25, -0.2) is 9.18 Å². The Morgan fingerprint density at radius 1 is 1.38 bits per heavy atom. The second-order valence-corrected chi connectivity index (χ2v) is 7.25. The Kier molecular flexibility index (Phi) is 5.87. The van der Waals surface area contributed by atoms with Crippen molar-refractivity contribution in [1.82, 2.24) is 14.5 Å². The molecule has 0 unspecified atom stereocenters. The van der Waals surface area contributed by atoms with Gasteiger partial charge in [-0.05, 0) is 71.3 Å². The van der Waals surface area contributed by atoms with E-state index in [0.29, 0.717) is 5.70 Å². The molecule has 0 saturated carbocycles. The molecule has 1 aromatic heterocycles. The highest BCUT2D eigenvalue weighted by Crippen LogP contribution is 2.23. The Labute approximate surface area is 153 Å². The van der Waals surface area contributed by atoms with Crippen LogP contribution < -0.4 is 11.0 Å². The molecule has 0 aliphatic heterocycles. The van der Waals surface area contributed by atoms with Crippen LogP contribution in [0.3, 0.4) is 0 Å². The number of rotatable bonds is 7. The van der Waals surface area contributed by atoms with Crippen molar-refractivity contribution in [2.45, 2.75) is 26.3 Å². The maximum absolute atomic E-state index is 12.9. The summed E-state index contributed by atoms with van der Waals surface area (Å²) in [5, 5.41) is 3.17. The Morgan fingerprint density at radius 3 is 2.65 bits per heavy atom. The summed E-state index contributed by atoms with van der Waals surface area (Å²) in [6, 6.07) is 5.66. The lowest BCUT2D eigenvalue weighted by atomic mass is 10.0. The first-order valence-electron chi connectivity index (χ1n) is 8.47. The normalized spacial score (nSPS) is 13.5. The van der Waals surface area contributed by atoms with Gasteiger partial charge in [0, 0.05) is 17.9 Å². The molecule has 5 nitrogen and oxygen atoms in total. The third kappa shape index (κ3) is 4.52. The van der Waals surface area contributed by atoms with E-state index in [2.05, 4.69) is 21.8 Å². The van der Waals surface area contributed by atoms with Crippen molar-refractivity contribution >= 4 is 16.7 Å². The molecule has 0 aliphatic rings. The molecule has 6 heteroatoms. The van der Waals surface area contributed by atoms with Crippen LogP contribution >= 0.6 is 0 Å². The number of fused-ring (bicyclic) bond motifs is 1. The number of allylic oxidation sites excluding steroid dienone is 4. The van der Waals surface area contributed by atoms with Gasteiger partial charge in [-0.3, -0.25) is 4.57 Å². The number of imidazole rings is 1. The van der Waals surface area contributed by atoms with E-state index in [4.69, 9.17) is 0 Å². The van der Waals surface area contributed by atoms with Crippen LogP contribution in [0.5, 0.6) is 0 Å². The molecule has 0 bridgehead atoms. The Bertz CT molecular complexity index is 912. The quantitative estimate of drug-likeness (QED) is 0.736. The summed E-state index contributed by atoms with van der Waals surface area (Å²) in [6.45, 7) is 9.92. The average Bonchev–Trinajstić information content (AvgIpc) is 2.85. The molecule has 0 radical (unpaired) electrons. The standard InChI is InChI=1S/C20H27FN4O/c1-7-15(9-8-14(2)21)22-16-10-11-18-17(12-16)23-19(26)25(18)20(3,4)13-24(5)6/h7-12,22H,1,13H2,2-6H3,(H,23,26)/b14-8-,15-9-. The number of anilines is 1. The van der Waals surface area contributed by atoms with Crippen LogP contribution in [0.4, 0.5) is 10.1 Å². The number of nitrogens with one attached hydrogen (secondary N) is 2. The van der Waals surface area contributed by atoms with Gasteiger partial charge in [0.05, 0.1) is 22.4 Å². The second kappa shape index (κ2) is 7.74. The summed E-state index contributed by atoms with van der Waals surface area (Å²) in [7, 11) is 3.97. The highest BCUT2D eigenvalue weighted by Gasteiger charge is 2.25. The summed E-state index contributed by atoms with van der Waals surface area (Å²) < 4.78 is 14.7. The number of nitrogens with zero attached hydrogens (tertiary/aromatic N) is 2. The smallest absolute Gasteiger partial charge is 0.327 e. The molecule has 0 fully saturated rings. The molecular weight excluding hydrogens is 331 g/mol. The Balaban J connectivity index is 2.42. The van der Waals surface area contributed by atoms with E-state index < -0.39 is 0 Å². The molecule has 1 aromatic carbocycles. The van der Waals surface area contributed by atoms with Crippen LogP contribution in [-0.4, -0.2) is 35.1 Å². The summed E-state index contributed by atoms with van der Waals surface area (Å²) >= 11 is 0. The molecule has 1 heterocycles. The lowest BCUT2D eigenvalue weighted by Gasteiger charge is -2.29. The predicted molar refractivity (Wildman–Crippen MR) is 107 cm³/mol. The lowest BCUT2D eigenvalue weighted by molar-refractivity contribution is 0.242. The molecular formula is C20H27FN4O. The van der Waals surface area contributed by atoms with Crippen LogP contribution in [0.1, 0.15) is 20.8 Å². The maximum atomic E-state index is 12.9. The average molecular weight is 358 g/mol. The largest absolute Gasteiger partial charge is 0.355 e. The van der Waals surface area contributed by atoms with E-state index in [-0.39, 0.29) is 17.1 Å². The molecule has 0 aliphatic carbocycles. The molecule has 140 valence electrons. The van der Waals surface area contributed by atoms with Crippen LogP contribution in [0.2, 0.25) is 0 Å². The Morgan fingerprint density at radius 2 is 2.08 bits per heavy atom. The van der Waals surface area contributed by atoms with Crippen LogP contribution in [0.15, 0.2) is 59.3 Å². The van der Waals surface area contributed by atoms with Gasteiger partial charge in [0.25, 0.3) is 0 Å². The highest BCUT2D eigenvalue weighted by molar-refractivity contribution is 5.80. The zero-order valence-corrected chi connectivity index (χ0v) is 16.1. The van der Waals surface area contributed by atoms with Crippen LogP contribution in [0, 0.1) is 0 Å². The molecule has 0 spiro atoms. The van der Waals surface area contributed by atoms with Crippen LogP contribution in [0.25, 0.3) is 11.0 Å². The van der Waals surface area contributed by atoms with Crippen LogP contribution in [-0.2, 0) is 5.54 Å². The number of H-pyrrole nitrogens is 1. The first-order chi connectivity index (χ1) is 12.1. The van der Waals surface area contributed by atoms with E-state index in [1.54, 1.807) is 16.7 Å². The van der Waals surface area contributed by atoms with Gasteiger partial charge in [0.15, 0.2) is 0 Å². The minimum absolute atomic E-state index is 0.139. The van der Waals surface area contributed by atoms with Gasteiger partial charge in [-0.1, -0.05) is 6.58 Å². The molecule has 26 heavy (non-hydrogen) atoms. The van der Waals surface area contributed by atoms with Crippen molar-refractivity contribution in [3.05, 3.63) is 65.0 Å². The molecule has 0 atom stereocenters. The summed E-state index contributed by atoms with van der Waals surface area (Å²) in [5.41, 5.74) is 2.54. The Hall–Kier alpha value is -2.60. The van der Waals surface area contributed by atoms with Crippen molar-refractivity contribution in [2.75, 3.05) is 26.0 Å². The zero-order valence-electron chi connectivity index (χ0n) is 16.1. The number of hydrogen-bond donors (Lipinski definition) is 2. The van der Waals surface area contributed by atoms with Gasteiger partial charge >= 0.3 is 5.69 Å². The fourth-order valence-corrected chi connectivity index (χ4v) is 3.17. The molecule has 2 rings (SSSR count). The molecule has 2 aromatic rings. The minimum atomic E-state index is -0.358. The van der Waals surface area contributed by atoms with Gasteiger partial charge in [0.1, 0.15) is 0 Å². The summed E-state index contributed by atoms with van der Waals surface area (Å²) in [4.78, 5) is 17.5. The first-order valence-corrected chi connectivity index (χ1v) is 8.47. The number of aromatic amines is 1. The monoisotopic (exact) mass is 358 g/mol. The van der Waals surface area contributed by atoms with Gasteiger partial charge in [0.2, 0.25) is 0 Å². The summed E-state index contributed by atoms with van der Waals surface area (Å²) in [6.07, 6.45) is 4.59. The predicted octanol–water partition coefficient (Wildman–Crippen LogP) is 3.98. The van der Waals surface area contributed by atoms with Crippen molar-refractivity contribution < 1.29 is 4.39 Å². The van der Waals surface area contributed by atoms with E-state index in [0.717, 1.165) is 23.3 Å². The van der Waals surface area contributed by atoms with Crippen molar-refractivity contribution in [3.8, 4) is 0 Å². The minimum Gasteiger partial charge on any atom is -0.355 e. The van der Waals surface area contributed by atoms with Gasteiger partial charge in [-0.2, -0.15) is 0 Å². The molecule has 2 N–H and O–H groups in total. The third-order valence-electron chi connectivity index (χ3n) is 3.99. The maximum Gasteiger partial charge on any atom is 0.327 e. The number of aromatic nitrogens is 2. The van der Waals surface area contributed by atoms with Gasteiger partial charge in [-0.15, -0.1) is 0 Å². The zero-order chi connectivity index (χ0) is 19.5. The van der Waals surface area contributed by atoms with E-state index in [9.17, 15) is 9.18 Å². The van der Waals surface area contributed by atoms with Crippen molar-refractivity contribution in [2.24, 2.45) is 0 Å². The SMILES string of the molecule is C=C/C(=C/C=C(/C)F)Nc1ccc2c(c1)[nH]c(=O)n2C(C)(C)CN(C)C. The third-order valence-corrected chi connectivity index (χ3v) is 3.99. The second-order valence-electron chi connectivity index (χ2n) is 7.25. The fraction of sp³-hybridized carbons (Fsp3) is 0.350. The number of benzene rings is 1. The van der Waals surface area contributed by atoms with E-state index >= 15 is 0 Å². The van der Waals surface area contributed by atoms with Crippen molar-refractivity contribution in [3.63, 3.8) is 0 Å². The number of halogens is 1. The number of likely N-dealkylation sites (N-methyl/N-ethyl adjacent to an activating group) is 1. The molecule has 0 amide bonds. The van der Waals surface area contributed by atoms with Gasteiger partial charge < -0.3 is 15.2 Å². The lowest BCUT2D eigenvalue weighted by Crippen LogP contribution is -2.42. The number of hydrogen-bond acceptors (Lipinski definition) is 3. The highest BCUT2D eigenvalue weighted by atomic mass is 19.1. The summed E-state index contributed by atoms with van der Waals surface area (Å²) in [5.74, 6) is -0.286. The molecule has 0 saturated heterocycles. The fourth-order valence-electron chi connectivity index (χ4n) is 3.17. The first kappa shape index (κ1) is 19.7. The van der Waals surface area contributed by atoms with Crippen molar-refractivity contribution in [1.29, 1.82) is 0 Å². The topological polar surface area (TPSA) is 53.1 Å². The van der Waals surface area contributed by atoms with E-state index in [1.165, 1.54) is 13.0 Å².